The Hall–Kier alpha value is -1.84. The molecular formula is C15H19NO3. The summed E-state index contributed by atoms with van der Waals surface area (Å²) in [5.41, 5.74) is 0.963. The fourth-order valence-corrected chi connectivity index (χ4v) is 2.24. The maximum atomic E-state index is 12.0. The van der Waals surface area contributed by atoms with Crippen molar-refractivity contribution in [3.63, 3.8) is 0 Å². The van der Waals surface area contributed by atoms with Crippen LogP contribution >= 0.6 is 0 Å². The largest absolute Gasteiger partial charge is 0.481 e. The summed E-state index contributed by atoms with van der Waals surface area (Å²) in [4.78, 5) is 22.7. The molecule has 2 rings (SSSR count). The summed E-state index contributed by atoms with van der Waals surface area (Å²) in [6.07, 6.45) is 1.42. The van der Waals surface area contributed by atoms with Crippen molar-refractivity contribution in [2.75, 3.05) is 0 Å². The summed E-state index contributed by atoms with van der Waals surface area (Å²) in [5.74, 6) is -0.228. The molecule has 0 heterocycles. The maximum absolute atomic E-state index is 12.0. The van der Waals surface area contributed by atoms with Crippen LogP contribution in [0.4, 0.5) is 0 Å². The zero-order valence-corrected chi connectivity index (χ0v) is 11.0. The summed E-state index contributed by atoms with van der Waals surface area (Å²) in [6.45, 7) is 2.05. The lowest BCUT2D eigenvalue weighted by Crippen LogP contribution is -2.30. The van der Waals surface area contributed by atoms with Gasteiger partial charge in [0, 0.05) is 12.3 Å². The van der Waals surface area contributed by atoms with Crippen LogP contribution in [0.2, 0.25) is 0 Å². The third kappa shape index (κ3) is 3.81. The van der Waals surface area contributed by atoms with E-state index < -0.39 is 5.97 Å². The topological polar surface area (TPSA) is 66.4 Å². The molecule has 4 nitrogen and oxygen atoms in total. The molecule has 102 valence electrons. The lowest BCUT2D eigenvalue weighted by Gasteiger charge is -2.18. The number of carbonyl (C=O) groups is 2. The molecule has 19 heavy (non-hydrogen) atoms. The van der Waals surface area contributed by atoms with Gasteiger partial charge in [-0.15, -0.1) is 0 Å². The van der Waals surface area contributed by atoms with E-state index in [0.717, 1.165) is 12.0 Å². The van der Waals surface area contributed by atoms with Crippen molar-refractivity contribution in [2.45, 2.75) is 32.2 Å². The van der Waals surface area contributed by atoms with Crippen LogP contribution in [0.5, 0.6) is 0 Å². The van der Waals surface area contributed by atoms with Crippen LogP contribution in [-0.2, 0) is 9.59 Å². The second-order valence-corrected chi connectivity index (χ2v) is 5.22. The Kier molecular flexibility index (Phi) is 4.20. The second kappa shape index (κ2) is 5.87. The van der Waals surface area contributed by atoms with Crippen LogP contribution in [0.15, 0.2) is 30.3 Å². The third-order valence-electron chi connectivity index (χ3n) is 3.61. The second-order valence-electron chi connectivity index (χ2n) is 5.22. The number of nitrogens with one attached hydrogen (secondary N) is 1. The SMILES string of the molecule is C[C@@H]1C[C@H]1C(=O)N[C@@H](CCC(=O)O)c1ccccc1. The van der Waals surface area contributed by atoms with Gasteiger partial charge in [-0.05, 0) is 24.3 Å². The Morgan fingerprint density at radius 2 is 2.00 bits per heavy atom. The molecule has 0 aromatic heterocycles. The minimum Gasteiger partial charge on any atom is -0.481 e. The number of aliphatic carboxylic acids is 1. The molecule has 1 aliphatic rings. The van der Waals surface area contributed by atoms with Crippen LogP contribution < -0.4 is 5.32 Å². The van der Waals surface area contributed by atoms with Gasteiger partial charge >= 0.3 is 5.97 Å². The molecule has 1 fully saturated rings. The molecule has 3 atom stereocenters. The van der Waals surface area contributed by atoms with Crippen LogP contribution in [-0.4, -0.2) is 17.0 Å². The van der Waals surface area contributed by atoms with Gasteiger partial charge in [0.1, 0.15) is 0 Å². The van der Waals surface area contributed by atoms with Crippen molar-refractivity contribution >= 4 is 11.9 Å². The Labute approximate surface area is 112 Å². The molecule has 0 bridgehead atoms. The number of benzene rings is 1. The number of hydrogen-bond acceptors (Lipinski definition) is 2. The van der Waals surface area contributed by atoms with Gasteiger partial charge in [0.05, 0.1) is 6.04 Å². The van der Waals surface area contributed by atoms with Crippen molar-refractivity contribution in [3.05, 3.63) is 35.9 Å². The molecule has 0 spiro atoms. The van der Waals surface area contributed by atoms with Crippen molar-refractivity contribution in [1.82, 2.24) is 5.32 Å². The molecule has 1 amide bonds. The van der Waals surface area contributed by atoms with Gasteiger partial charge in [-0.25, -0.2) is 0 Å². The van der Waals surface area contributed by atoms with E-state index in [9.17, 15) is 9.59 Å². The van der Waals surface area contributed by atoms with Gasteiger partial charge in [-0.3, -0.25) is 9.59 Å². The molecule has 2 N–H and O–H groups in total. The van der Waals surface area contributed by atoms with Gasteiger partial charge in [0.25, 0.3) is 0 Å². The molecular weight excluding hydrogens is 242 g/mol. The number of carboxylic acid groups (broad SMARTS) is 1. The molecule has 1 saturated carbocycles. The zero-order chi connectivity index (χ0) is 13.8. The van der Waals surface area contributed by atoms with Crippen molar-refractivity contribution < 1.29 is 14.7 Å². The summed E-state index contributed by atoms with van der Waals surface area (Å²) < 4.78 is 0. The van der Waals surface area contributed by atoms with Gasteiger partial charge in [0.15, 0.2) is 0 Å². The highest BCUT2D eigenvalue weighted by Gasteiger charge is 2.39. The lowest BCUT2D eigenvalue weighted by atomic mass is 10.0. The van der Waals surface area contributed by atoms with Gasteiger partial charge in [-0.1, -0.05) is 37.3 Å². The van der Waals surface area contributed by atoms with Gasteiger partial charge < -0.3 is 10.4 Å². The summed E-state index contributed by atoms with van der Waals surface area (Å²) in [7, 11) is 0. The van der Waals surface area contributed by atoms with Crippen LogP contribution in [0.1, 0.15) is 37.8 Å². The third-order valence-corrected chi connectivity index (χ3v) is 3.61. The van der Waals surface area contributed by atoms with Crippen LogP contribution in [0.3, 0.4) is 0 Å². The number of hydrogen-bond donors (Lipinski definition) is 2. The van der Waals surface area contributed by atoms with E-state index in [1.54, 1.807) is 0 Å². The van der Waals surface area contributed by atoms with E-state index >= 15 is 0 Å². The van der Waals surface area contributed by atoms with Crippen LogP contribution in [0.25, 0.3) is 0 Å². The number of carbonyl (C=O) groups excluding carboxylic acids is 1. The van der Waals surface area contributed by atoms with Crippen molar-refractivity contribution in [3.8, 4) is 0 Å². The highest BCUT2D eigenvalue weighted by atomic mass is 16.4. The minimum absolute atomic E-state index is 0.0479. The predicted octanol–water partition coefficient (Wildman–Crippen LogP) is 2.36. The smallest absolute Gasteiger partial charge is 0.303 e. The van der Waals surface area contributed by atoms with E-state index in [1.165, 1.54) is 0 Å². The Morgan fingerprint density at radius 3 is 2.53 bits per heavy atom. The lowest BCUT2D eigenvalue weighted by molar-refractivity contribution is -0.137. The van der Waals surface area contributed by atoms with E-state index in [-0.39, 0.29) is 24.3 Å². The molecule has 0 unspecified atom stereocenters. The van der Waals surface area contributed by atoms with E-state index in [2.05, 4.69) is 12.2 Å². The molecule has 0 radical (unpaired) electrons. The summed E-state index contributed by atoms with van der Waals surface area (Å²) in [5, 5.41) is 11.8. The fourth-order valence-electron chi connectivity index (χ4n) is 2.24. The van der Waals surface area contributed by atoms with E-state index in [0.29, 0.717) is 12.3 Å². The molecule has 0 saturated heterocycles. The first-order valence-electron chi connectivity index (χ1n) is 6.65. The van der Waals surface area contributed by atoms with E-state index in [1.807, 2.05) is 30.3 Å². The quantitative estimate of drug-likeness (QED) is 0.826. The number of rotatable bonds is 6. The molecule has 0 aliphatic heterocycles. The number of amides is 1. The monoisotopic (exact) mass is 261 g/mol. The summed E-state index contributed by atoms with van der Waals surface area (Å²) >= 11 is 0. The van der Waals surface area contributed by atoms with Crippen molar-refractivity contribution in [2.24, 2.45) is 11.8 Å². The minimum atomic E-state index is -0.838. The number of carboxylic acids is 1. The molecule has 4 heteroatoms. The fraction of sp³-hybridized carbons (Fsp3) is 0.467. The Balaban J connectivity index is 2.01. The average molecular weight is 261 g/mol. The highest BCUT2D eigenvalue weighted by molar-refractivity contribution is 5.81. The van der Waals surface area contributed by atoms with Gasteiger partial charge in [-0.2, -0.15) is 0 Å². The highest BCUT2D eigenvalue weighted by Crippen LogP contribution is 2.38. The molecule has 1 aliphatic carbocycles. The molecule has 1 aromatic carbocycles. The average Bonchev–Trinajstić information content (AvgIpc) is 3.12. The first-order valence-corrected chi connectivity index (χ1v) is 6.65. The first-order chi connectivity index (χ1) is 9.08. The molecule has 1 aromatic rings. The Bertz CT molecular complexity index is 458. The Morgan fingerprint density at radius 1 is 1.37 bits per heavy atom. The first kappa shape index (κ1) is 13.6. The van der Waals surface area contributed by atoms with Crippen molar-refractivity contribution in [1.29, 1.82) is 0 Å². The zero-order valence-electron chi connectivity index (χ0n) is 11.0. The summed E-state index contributed by atoms with van der Waals surface area (Å²) in [6, 6.07) is 9.33. The standard InChI is InChI=1S/C15H19NO3/c1-10-9-12(10)15(19)16-13(7-8-14(17)18)11-5-3-2-4-6-11/h2-6,10,12-13H,7-9H2,1H3,(H,16,19)(H,17,18)/t10-,12-,13+/m1/s1. The maximum Gasteiger partial charge on any atom is 0.303 e. The normalized spacial score (nSPS) is 22.6. The van der Waals surface area contributed by atoms with Gasteiger partial charge in [0.2, 0.25) is 5.91 Å². The predicted molar refractivity (Wildman–Crippen MR) is 71.5 cm³/mol. The van der Waals surface area contributed by atoms with Crippen LogP contribution in [0, 0.1) is 11.8 Å². The van der Waals surface area contributed by atoms with E-state index in [4.69, 9.17) is 5.11 Å².